The molecule has 0 fully saturated rings. The fourth-order valence-corrected chi connectivity index (χ4v) is 1.96. The van der Waals surface area contributed by atoms with Gasteiger partial charge in [-0.1, -0.05) is 20.3 Å². The number of halogens is 1. The van der Waals surface area contributed by atoms with Crippen LogP contribution in [0, 0.1) is 5.92 Å². The highest BCUT2D eigenvalue weighted by atomic mass is 35.5. The number of methoxy groups -OCH3 is 1. The molecule has 0 saturated carbocycles. The van der Waals surface area contributed by atoms with E-state index in [1.165, 1.54) is 11.0 Å². The normalized spacial score (nSPS) is 12.9. The molecule has 0 spiro atoms. The molecular weight excluding hydrogens is 320 g/mol. The van der Waals surface area contributed by atoms with Gasteiger partial charge in [-0.15, -0.1) is 17.5 Å². The maximum atomic E-state index is 12.2. The van der Waals surface area contributed by atoms with Crippen LogP contribution in [-0.2, 0) is 4.79 Å². The molecule has 0 aliphatic carbocycles. The number of amides is 1. The van der Waals surface area contributed by atoms with Gasteiger partial charge in [-0.05, 0) is 34.5 Å². The topological polar surface area (TPSA) is 108 Å². The summed E-state index contributed by atoms with van der Waals surface area (Å²) in [6, 6.07) is 4.66. The Morgan fingerprint density at radius 2 is 2.22 bits per heavy atom. The number of nitrogens with one attached hydrogen (secondary N) is 1. The molecule has 2 atom stereocenters. The van der Waals surface area contributed by atoms with Crippen LogP contribution in [-0.4, -0.2) is 39.3 Å². The predicted molar refractivity (Wildman–Crippen MR) is 89.0 cm³/mol. The minimum Gasteiger partial charge on any atom is -0.494 e. The SMILES string of the molecule is CCC(C)C(N)C(=O)Nc1ccc(OC)c(-n2cnnn2)c1.Cl. The summed E-state index contributed by atoms with van der Waals surface area (Å²) in [5.41, 5.74) is 7.17. The average Bonchev–Trinajstić information content (AvgIpc) is 3.07. The maximum Gasteiger partial charge on any atom is 0.241 e. The third-order valence-electron chi connectivity index (χ3n) is 3.60. The van der Waals surface area contributed by atoms with Crippen LogP contribution in [0.1, 0.15) is 20.3 Å². The van der Waals surface area contributed by atoms with Crippen molar-refractivity contribution < 1.29 is 9.53 Å². The van der Waals surface area contributed by atoms with E-state index in [0.29, 0.717) is 17.1 Å². The molecular formula is C14H21ClN6O2. The Bertz CT molecular complexity index is 634. The second-order valence-electron chi connectivity index (χ2n) is 5.04. The molecule has 2 aromatic rings. The Kier molecular flexibility index (Phi) is 6.92. The number of aromatic nitrogens is 4. The van der Waals surface area contributed by atoms with E-state index in [4.69, 9.17) is 10.5 Å². The van der Waals surface area contributed by atoms with Gasteiger partial charge in [0.15, 0.2) is 0 Å². The number of rotatable bonds is 6. The lowest BCUT2D eigenvalue weighted by Crippen LogP contribution is -2.40. The molecule has 23 heavy (non-hydrogen) atoms. The highest BCUT2D eigenvalue weighted by Crippen LogP contribution is 2.25. The number of anilines is 1. The zero-order valence-electron chi connectivity index (χ0n) is 13.3. The summed E-state index contributed by atoms with van der Waals surface area (Å²) < 4.78 is 6.74. The van der Waals surface area contributed by atoms with Gasteiger partial charge in [-0.25, -0.2) is 0 Å². The van der Waals surface area contributed by atoms with Gasteiger partial charge in [0.05, 0.1) is 13.2 Å². The molecule has 1 aromatic carbocycles. The van der Waals surface area contributed by atoms with Gasteiger partial charge < -0.3 is 15.8 Å². The van der Waals surface area contributed by atoms with Crippen LogP contribution in [0.3, 0.4) is 0 Å². The molecule has 8 nitrogen and oxygen atoms in total. The summed E-state index contributed by atoms with van der Waals surface area (Å²) in [5.74, 6) is 0.482. The van der Waals surface area contributed by atoms with Gasteiger partial charge in [0.2, 0.25) is 5.91 Å². The fourth-order valence-electron chi connectivity index (χ4n) is 1.96. The molecule has 0 bridgehead atoms. The van der Waals surface area contributed by atoms with Gasteiger partial charge in [0.1, 0.15) is 17.8 Å². The summed E-state index contributed by atoms with van der Waals surface area (Å²) in [6.07, 6.45) is 2.29. The third kappa shape index (κ3) is 4.40. The smallest absolute Gasteiger partial charge is 0.241 e. The van der Waals surface area contributed by atoms with Crippen molar-refractivity contribution in [2.75, 3.05) is 12.4 Å². The number of nitrogens with zero attached hydrogens (tertiary/aromatic N) is 4. The van der Waals surface area contributed by atoms with Gasteiger partial charge in [-0.2, -0.15) is 4.68 Å². The first-order valence-electron chi connectivity index (χ1n) is 7.04. The molecule has 1 aromatic heterocycles. The van der Waals surface area contributed by atoms with Crippen molar-refractivity contribution in [2.45, 2.75) is 26.3 Å². The molecule has 126 valence electrons. The van der Waals surface area contributed by atoms with Gasteiger partial charge >= 0.3 is 0 Å². The first-order chi connectivity index (χ1) is 10.6. The van der Waals surface area contributed by atoms with Gasteiger partial charge in [-0.3, -0.25) is 4.79 Å². The highest BCUT2D eigenvalue weighted by Gasteiger charge is 2.20. The van der Waals surface area contributed by atoms with Crippen LogP contribution < -0.4 is 15.8 Å². The summed E-state index contributed by atoms with van der Waals surface area (Å²) in [7, 11) is 1.56. The molecule has 0 saturated heterocycles. The van der Waals surface area contributed by atoms with Crippen molar-refractivity contribution in [3.8, 4) is 11.4 Å². The molecule has 0 radical (unpaired) electrons. The Morgan fingerprint density at radius 3 is 2.78 bits per heavy atom. The molecule has 2 unspecified atom stereocenters. The zero-order valence-corrected chi connectivity index (χ0v) is 14.1. The number of hydrogen-bond acceptors (Lipinski definition) is 6. The Morgan fingerprint density at radius 1 is 1.48 bits per heavy atom. The first kappa shape index (κ1) is 18.9. The van der Waals surface area contributed by atoms with E-state index < -0.39 is 6.04 Å². The zero-order chi connectivity index (χ0) is 16.1. The second kappa shape index (κ2) is 8.44. The molecule has 9 heteroatoms. The lowest BCUT2D eigenvalue weighted by molar-refractivity contribution is -0.118. The number of hydrogen-bond donors (Lipinski definition) is 2. The van der Waals surface area contributed by atoms with E-state index in [1.807, 2.05) is 13.8 Å². The van der Waals surface area contributed by atoms with Gasteiger partial charge in [0.25, 0.3) is 0 Å². The van der Waals surface area contributed by atoms with Crippen molar-refractivity contribution >= 4 is 24.0 Å². The van der Waals surface area contributed by atoms with E-state index in [2.05, 4.69) is 20.8 Å². The average molecular weight is 341 g/mol. The number of carbonyl (C=O) groups excluding carboxylic acids is 1. The van der Waals surface area contributed by atoms with E-state index in [0.717, 1.165) is 6.42 Å². The number of tetrazole rings is 1. The lowest BCUT2D eigenvalue weighted by atomic mass is 9.99. The van der Waals surface area contributed by atoms with Crippen molar-refractivity contribution in [1.82, 2.24) is 20.2 Å². The van der Waals surface area contributed by atoms with Crippen molar-refractivity contribution in [2.24, 2.45) is 11.7 Å². The molecule has 0 aliphatic rings. The molecule has 1 heterocycles. The molecule has 1 amide bonds. The van der Waals surface area contributed by atoms with Crippen molar-refractivity contribution in [3.63, 3.8) is 0 Å². The predicted octanol–water partition coefficient (Wildman–Crippen LogP) is 1.40. The minimum atomic E-state index is -0.552. The standard InChI is InChI=1S/C14H20N6O2.ClH/c1-4-9(2)13(15)14(21)17-10-5-6-12(22-3)11(7-10)20-8-16-18-19-20;/h5-9,13H,4,15H2,1-3H3,(H,17,21);1H. The van der Waals surface area contributed by atoms with Crippen LogP contribution >= 0.6 is 12.4 Å². The molecule has 2 rings (SSSR count). The van der Waals surface area contributed by atoms with E-state index in [-0.39, 0.29) is 24.2 Å². The lowest BCUT2D eigenvalue weighted by Gasteiger charge is -2.18. The Balaban J connectivity index is 0.00000264. The summed E-state index contributed by atoms with van der Waals surface area (Å²) in [6.45, 7) is 3.95. The highest BCUT2D eigenvalue weighted by molar-refractivity contribution is 5.95. The first-order valence-corrected chi connectivity index (χ1v) is 7.04. The third-order valence-corrected chi connectivity index (χ3v) is 3.60. The minimum absolute atomic E-state index is 0. The number of benzene rings is 1. The number of carbonyl (C=O) groups is 1. The summed E-state index contributed by atoms with van der Waals surface area (Å²) in [4.78, 5) is 12.2. The molecule has 0 aliphatic heterocycles. The number of nitrogens with two attached hydrogens (primary N) is 1. The Labute approximate surface area is 140 Å². The number of ether oxygens (including phenoxy) is 1. The van der Waals surface area contributed by atoms with E-state index in [1.54, 1.807) is 25.3 Å². The fraction of sp³-hybridized carbons (Fsp3) is 0.429. The van der Waals surface area contributed by atoms with Crippen LogP contribution in [0.25, 0.3) is 5.69 Å². The Hall–Kier alpha value is -2.19. The van der Waals surface area contributed by atoms with E-state index in [9.17, 15) is 4.79 Å². The molecule has 3 N–H and O–H groups in total. The van der Waals surface area contributed by atoms with E-state index >= 15 is 0 Å². The second-order valence-corrected chi connectivity index (χ2v) is 5.04. The van der Waals surface area contributed by atoms with Gasteiger partial charge in [0, 0.05) is 5.69 Å². The van der Waals surface area contributed by atoms with Crippen LogP contribution in [0.4, 0.5) is 5.69 Å². The van der Waals surface area contributed by atoms with Crippen molar-refractivity contribution in [1.29, 1.82) is 0 Å². The largest absolute Gasteiger partial charge is 0.494 e. The van der Waals surface area contributed by atoms with Crippen molar-refractivity contribution in [3.05, 3.63) is 24.5 Å². The summed E-state index contributed by atoms with van der Waals surface area (Å²) >= 11 is 0. The summed E-state index contributed by atoms with van der Waals surface area (Å²) in [5, 5.41) is 13.8. The maximum absolute atomic E-state index is 12.2. The van der Waals surface area contributed by atoms with Crippen LogP contribution in [0.15, 0.2) is 24.5 Å². The quantitative estimate of drug-likeness (QED) is 0.823. The monoisotopic (exact) mass is 340 g/mol. The van der Waals surface area contributed by atoms with Crippen LogP contribution in [0.5, 0.6) is 5.75 Å². The van der Waals surface area contributed by atoms with Crippen LogP contribution in [0.2, 0.25) is 0 Å².